The molecule has 1 aliphatic heterocycles. The third kappa shape index (κ3) is 2.20. The van der Waals surface area contributed by atoms with E-state index in [0.29, 0.717) is 11.3 Å². The first-order valence-corrected chi connectivity index (χ1v) is 5.82. The van der Waals surface area contributed by atoms with Crippen LogP contribution in [0.5, 0.6) is 0 Å². The van der Waals surface area contributed by atoms with Gasteiger partial charge in [-0.1, -0.05) is 11.6 Å². The van der Waals surface area contributed by atoms with Gasteiger partial charge >= 0.3 is 5.97 Å². The summed E-state index contributed by atoms with van der Waals surface area (Å²) < 4.78 is 4.80. The number of rotatable bonds is 2. The maximum Gasteiger partial charge on any atom is 0.349 e. The Balaban J connectivity index is 2.62. The first-order chi connectivity index (χ1) is 9.08. The van der Waals surface area contributed by atoms with Crippen molar-refractivity contribution in [1.29, 1.82) is 5.26 Å². The van der Waals surface area contributed by atoms with Gasteiger partial charge in [-0.3, -0.25) is 4.79 Å². The predicted octanol–water partition coefficient (Wildman–Crippen LogP) is 1.79. The number of carbonyl (C=O) groups excluding carboxylic acids is 2. The number of ether oxygens (including phenoxy) is 1. The average molecular weight is 256 g/mol. The van der Waals surface area contributed by atoms with Crippen LogP contribution in [0.25, 0.3) is 5.57 Å². The molecule has 1 aromatic carbocycles. The summed E-state index contributed by atoms with van der Waals surface area (Å²) in [7, 11) is 0. The Morgan fingerprint density at radius 1 is 1.47 bits per heavy atom. The fourth-order valence-corrected chi connectivity index (χ4v) is 1.94. The molecule has 0 radical (unpaired) electrons. The second-order valence-corrected chi connectivity index (χ2v) is 4.09. The van der Waals surface area contributed by atoms with E-state index in [1.165, 1.54) is 0 Å². The number of benzene rings is 1. The van der Waals surface area contributed by atoms with Crippen LogP contribution in [0.1, 0.15) is 18.1 Å². The van der Waals surface area contributed by atoms with Crippen molar-refractivity contribution in [2.45, 2.75) is 13.8 Å². The normalized spacial score (nSPS) is 15.3. The Labute approximate surface area is 110 Å². The van der Waals surface area contributed by atoms with Crippen LogP contribution in [0.2, 0.25) is 0 Å². The van der Waals surface area contributed by atoms with E-state index in [1.807, 2.05) is 13.0 Å². The van der Waals surface area contributed by atoms with Gasteiger partial charge in [-0.2, -0.15) is 5.26 Å². The molecule has 0 bridgehead atoms. The van der Waals surface area contributed by atoms with Crippen molar-refractivity contribution < 1.29 is 14.3 Å². The van der Waals surface area contributed by atoms with Crippen molar-refractivity contribution in [3.63, 3.8) is 0 Å². The van der Waals surface area contributed by atoms with Crippen LogP contribution < -0.4 is 5.32 Å². The molecule has 0 unspecified atom stereocenters. The summed E-state index contributed by atoms with van der Waals surface area (Å²) in [5, 5.41) is 11.7. The fraction of sp³-hybridized carbons (Fsp3) is 0.214. The first kappa shape index (κ1) is 12.8. The summed E-state index contributed by atoms with van der Waals surface area (Å²) in [6.45, 7) is 3.67. The molecule has 0 aliphatic carbocycles. The van der Waals surface area contributed by atoms with Crippen molar-refractivity contribution in [2.24, 2.45) is 0 Å². The van der Waals surface area contributed by atoms with Crippen molar-refractivity contribution in [3.8, 4) is 6.07 Å². The molecule has 0 spiro atoms. The van der Waals surface area contributed by atoms with Crippen molar-refractivity contribution in [2.75, 3.05) is 11.9 Å². The molecule has 0 saturated heterocycles. The third-order valence-corrected chi connectivity index (χ3v) is 2.76. The molecule has 1 aromatic rings. The number of hydrogen-bond donors (Lipinski definition) is 1. The van der Waals surface area contributed by atoms with Gasteiger partial charge in [0.15, 0.2) is 5.57 Å². The van der Waals surface area contributed by atoms with Crippen LogP contribution in [-0.2, 0) is 14.3 Å². The zero-order chi connectivity index (χ0) is 14.0. The second kappa shape index (κ2) is 4.94. The van der Waals surface area contributed by atoms with Crippen LogP contribution in [0, 0.1) is 18.3 Å². The first-order valence-electron chi connectivity index (χ1n) is 5.82. The minimum Gasteiger partial charge on any atom is -0.462 e. The van der Waals surface area contributed by atoms with Gasteiger partial charge in [-0.25, -0.2) is 4.79 Å². The molecule has 0 aromatic heterocycles. The van der Waals surface area contributed by atoms with Gasteiger partial charge < -0.3 is 10.1 Å². The number of nitriles is 1. The number of nitrogens with zero attached hydrogens (tertiary/aromatic N) is 1. The number of carbonyl (C=O) groups is 2. The topological polar surface area (TPSA) is 79.2 Å². The summed E-state index contributed by atoms with van der Waals surface area (Å²) in [6.07, 6.45) is 0. The predicted molar refractivity (Wildman–Crippen MR) is 69.0 cm³/mol. The van der Waals surface area contributed by atoms with Gasteiger partial charge in [0.25, 0.3) is 5.91 Å². The van der Waals surface area contributed by atoms with E-state index in [9.17, 15) is 9.59 Å². The Morgan fingerprint density at radius 3 is 2.84 bits per heavy atom. The monoisotopic (exact) mass is 256 g/mol. The Morgan fingerprint density at radius 2 is 2.21 bits per heavy atom. The number of aryl methyl sites for hydroxylation is 1. The van der Waals surface area contributed by atoms with Gasteiger partial charge in [0.1, 0.15) is 6.07 Å². The summed E-state index contributed by atoms with van der Waals surface area (Å²) in [5.41, 5.74) is 1.93. The van der Waals surface area contributed by atoms with E-state index in [0.717, 1.165) is 5.56 Å². The zero-order valence-corrected chi connectivity index (χ0v) is 10.6. The average Bonchev–Trinajstić information content (AvgIpc) is 2.68. The lowest BCUT2D eigenvalue weighted by molar-refractivity contribution is -0.138. The van der Waals surface area contributed by atoms with E-state index in [4.69, 9.17) is 10.00 Å². The number of nitrogens with one attached hydrogen (secondary N) is 1. The van der Waals surface area contributed by atoms with Gasteiger partial charge in [0.2, 0.25) is 0 Å². The molecule has 5 heteroatoms. The molecule has 2 rings (SSSR count). The lowest BCUT2D eigenvalue weighted by atomic mass is 10.00. The zero-order valence-electron chi connectivity index (χ0n) is 10.6. The number of hydrogen-bond acceptors (Lipinski definition) is 4. The van der Waals surface area contributed by atoms with Crippen LogP contribution in [0.15, 0.2) is 23.8 Å². The Bertz CT molecular complexity index is 639. The van der Waals surface area contributed by atoms with Gasteiger partial charge in [0.05, 0.1) is 12.2 Å². The molecule has 1 aliphatic rings. The molecule has 0 saturated carbocycles. The highest BCUT2D eigenvalue weighted by atomic mass is 16.5. The van der Waals surface area contributed by atoms with E-state index in [-0.39, 0.29) is 17.8 Å². The fourth-order valence-electron chi connectivity index (χ4n) is 1.94. The van der Waals surface area contributed by atoms with E-state index >= 15 is 0 Å². The lowest BCUT2D eigenvalue weighted by Gasteiger charge is -2.03. The standard InChI is InChI=1S/C14H12N2O3/c1-3-19-14(18)10(7-15)12-9-6-8(2)4-5-11(9)16-13(12)17/h4-6H,3H2,1-2H3,(H,16,17)/b12-10+. The van der Waals surface area contributed by atoms with E-state index < -0.39 is 11.9 Å². The maximum atomic E-state index is 11.9. The second-order valence-electron chi connectivity index (χ2n) is 4.09. The summed E-state index contributed by atoms with van der Waals surface area (Å²) in [6, 6.07) is 7.12. The van der Waals surface area contributed by atoms with Crippen molar-refractivity contribution in [3.05, 3.63) is 34.9 Å². The minimum atomic E-state index is -0.774. The number of fused-ring (bicyclic) bond motifs is 1. The van der Waals surface area contributed by atoms with Crippen LogP contribution in [0.4, 0.5) is 5.69 Å². The molecule has 1 amide bonds. The Hall–Kier alpha value is -2.61. The van der Waals surface area contributed by atoms with Gasteiger partial charge in [-0.05, 0) is 26.0 Å². The number of amides is 1. The molecular formula is C14H12N2O3. The molecule has 19 heavy (non-hydrogen) atoms. The molecule has 1 N–H and O–H groups in total. The summed E-state index contributed by atoms with van der Waals surface area (Å²) in [5.74, 6) is -1.23. The maximum absolute atomic E-state index is 11.9. The summed E-state index contributed by atoms with van der Waals surface area (Å²) >= 11 is 0. The number of anilines is 1. The van der Waals surface area contributed by atoms with Crippen molar-refractivity contribution >= 4 is 23.1 Å². The third-order valence-electron chi connectivity index (χ3n) is 2.76. The highest BCUT2D eigenvalue weighted by Gasteiger charge is 2.30. The largest absolute Gasteiger partial charge is 0.462 e. The SMILES string of the molecule is CCOC(=O)/C(C#N)=C1/C(=O)Nc2ccc(C)cc21. The lowest BCUT2D eigenvalue weighted by Crippen LogP contribution is -2.13. The molecule has 96 valence electrons. The number of esters is 1. The van der Waals surface area contributed by atoms with E-state index in [2.05, 4.69) is 5.32 Å². The highest BCUT2D eigenvalue weighted by molar-refractivity contribution is 6.35. The van der Waals surface area contributed by atoms with Crippen LogP contribution >= 0.6 is 0 Å². The Kier molecular flexibility index (Phi) is 3.34. The minimum absolute atomic E-state index is 0.0830. The summed E-state index contributed by atoms with van der Waals surface area (Å²) in [4.78, 5) is 23.6. The molecule has 0 atom stereocenters. The molecule has 1 heterocycles. The molecule has 5 nitrogen and oxygen atoms in total. The smallest absolute Gasteiger partial charge is 0.349 e. The molecular weight excluding hydrogens is 244 g/mol. The van der Waals surface area contributed by atoms with Gasteiger partial charge in [-0.15, -0.1) is 0 Å². The van der Waals surface area contributed by atoms with Gasteiger partial charge in [0, 0.05) is 11.3 Å². The van der Waals surface area contributed by atoms with E-state index in [1.54, 1.807) is 25.1 Å². The highest BCUT2D eigenvalue weighted by Crippen LogP contribution is 2.34. The molecule has 0 fully saturated rings. The van der Waals surface area contributed by atoms with Crippen molar-refractivity contribution in [1.82, 2.24) is 0 Å². The van der Waals surface area contributed by atoms with Crippen LogP contribution in [0.3, 0.4) is 0 Å². The quantitative estimate of drug-likeness (QED) is 0.497. The van der Waals surface area contributed by atoms with Crippen LogP contribution in [-0.4, -0.2) is 18.5 Å².